The molecular formula is C15H15BrN2O2S. The Hall–Kier alpha value is -1.37. The molecule has 6 heteroatoms. The minimum Gasteiger partial charge on any atom is -0.313 e. The number of nitro benzene ring substituents is 1. The fraction of sp³-hybridized carbons (Fsp3) is 0.200. The Kier molecular flexibility index (Phi) is 5.39. The van der Waals surface area contributed by atoms with Crippen LogP contribution in [0.1, 0.15) is 18.5 Å². The highest BCUT2D eigenvalue weighted by atomic mass is 79.9. The summed E-state index contributed by atoms with van der Waals surface area (Å²) in [4.78, 5) is 12.3. The molecule has 0 saturated heterocycles. The lowest BCUT2D eigenvalue weighted by molar-refractivity contribution is -0.387. The first-order valence-electron chi connectivity index (χ1n) is 6.41. The molecule has 1 N–H and O–H groups in total. The van der Waals surface area contributed by atoms with Crippen LogP contribution in [0.5, 0.6) is 0 Å². The fourth-order valence-corrected chi connectivity index (χ4v) is 3.41. The van der Waals surface area contributed by atoms with E-state index in [4.69, 9.17) is 0 Å². The number of hydrogen-bond donors (Lipinski definition) is 1. The Bertz CT molecular complexity index is 664. The van der Waals surface area contributed by atoms with Crippen LogP contribution in [0.2, 0.25) is 0 Å². The minimum absolute atomic E-state index is 0.127. The van der Waals surface area contributed by atoms with Crippen LogP contribution in [0.3, 0.4) is 0 Å². The van der Waals surface area contributed by atoms with Crippen LogP contribution < -0.4 is 5.32 Å². The van der Waals surface area contributed by atoms with E-state index in [1.807, 2.05) is 25.2 Å². The average molecular weight is 367 g/mol. The molecule has 0 aromatic heterocycles. The van der Waals surface area contributed by atoms with E-state index in [1.165, 1.54) is 17.8 Å². The van der Waals surface area contributed by atoms with E-state index < -0.39 is 0 Å². The predicted octanol–water partition coefficient (Wildman–Crippen LogP) is 4.79. The highest BCUT2D eigenvalue weighted by Crippen LogP contribution is 2.38. The van der Waals surface area contributed by atoms with E-state index in [1.54, 1.807) is 18.2 Å². The fourth-order valence-electron chi connectivity index (χ4n) is 1.85. The molecule has 110 valence electrons. The third-order valence-corrected chi connectivity index (χ3v) is 5.23. The second-order valence-corrected chi connectivity index (χ2v) is 6.47. The van der Waals surface area contributed by atoms with Gasteiger partial charge in [0.15, 0.2) is 0 Å². The number of halogens is 1. The Balaban J connectivity index is 2.31. The second-order valence-electron chi connectivity index (χ2n) is 4.53. The van der Waals surface area contributed by atoms with Gasteiger partial charge in [0.1, 0.15) is 0 Å². The van der Waals surface area contributed by atoms with Crippen molar-refractivity contribution in [3.05, 3.63) is 62.6 Å². The van der Waals surface area contributed by atoms with Crippen LogP contribution in [0, 0.1) is 10.1 Å². The molecule has 0 heterocycles. The van der Waals surface area contributed by atoms with Gasteiger partial charge in [0.25, 0.3) is 5.69 Å². The van der Waals surface area contributed by atoms with Gasteiger partial charge in [-0.05, 0) is 53.7 Å². The van der Waals surface area contributed by atoms with Gasteiger partial charge in [0, 0.05) is 21.5 Å². The Labute approximate surface area is 136 Å². The molecule has 2 aromatic rings. The highest BCUT2D eigenvalue weighted by Gasteiger charge is 2.15. The summed E-state index contributed by atoms with van der Waals surface area (Å²) in [5.41, 5.74) is 1.29. The van der Waals surface area contributed by atoms with Crippen molar-refractivity contribution in [2.75, 3.05) is 7.05 Å². The molecule has 4 nitrogen and oxygen atoms in total. The molecule has 1 unspecified atom stereocenters. The van der Waals surface area contributed by atoms with Crippen molar-refractivity contribution in [2.45, 2.75) is 22.8 Å². The lowest BCUT2D eigenvalue weighted by atomic mass is 10.1. The maximum Gasteiger partial charge on any atom is 0.283 e. The van der Waals surface area contributed by atoms with Gasteiger partial charge in [-0.15, -0.1) is 0 Å². The van der Waals surface area contributed by atoms with Crippen molar-refractivity contribution in [3.63, 3.8) is 0 Å². The van der Waals surface area contributed by atoms with E-state index in [2.05, 4.69) is 28.2 Å². The number of para-hydroxylation sites is 1. The molecule has 0 saturated carbocycles. The lowest BCUT2D eigenvalue weighted by Gasteiger charge is -2.12. The van der Waals surface area contributed by atoms with Gasteiger partial charge >= 0.3 is 0 Å². The number of nitrogens with zero attached hydrogens (tertiary/aromatic N) is 1. The molecule has 0 amide bonds. The normalized spacial score (nSPS) is 12.1. The Morgan fingerprint density at radius 2 is 1.95 bits per heavy atom. The van der Waals surface area contributed by atoms with Gasteiger partial charge in [-0.1, -0.05) is 30.0 Å². The largest absolute Gasteiger partial charge is 0.313 e. The first-order valence-corrected chi connectivity index (χ1v) is 8.02. The second kappa shape index (κ2) is 7.06. The lowest BCUT2D eigenvalue weighted by Crippen LogP contribution is -2.12. The summed E-state index contributed by atoms with van der Waals surface area (Å²) < 4.78 is 0.935. The smallest absolute Gasteiger partial charge is 0.283 e. The third-order valence-electron chi connectivity index (χ3n) is 3.17. The highest BCUT2D eigenvalue weighted by molar-refractivity contribution is 9.10. The van der Waals surface area contributed by atoms with Crippen molar-refractivity contribution >= 4 is 33.4 Å². The van der Waals surface area contributed by atoms with Gasteiger partial charge in [0.05, 0.1) is 9.82 Å². The number of hydrogen-bond acceptors (Lipinski definition) is 4. The summed E-state index contributed by atoms with van der Waals surface area (Å²) in [5, 5.41) is 14.2. The SMILES string of the molecule is CNC(C)c1ccc(Sc2ccccc2[N+](=O)[O-])c(Br)c1. The monoisotopic (exact) mass is 366 g/mol. The summed E-state index contributed by atoms with van der Waals surface area (Å²) in [6.07, 6.45) is 0. The Morgan fingerprint density at radius 3 is 2.57 bits per heavy atom. The molecule has 0 fully saturated rings. The summed E-state index contributed by atoms with van der Waals surface area (Å²) in [6, 6.07) is 13.1. The third kappa shape index (κ3) is 3.84. The van der Waals surface area contributed by atoms with Gasteiger partial charge in [-0.25, -0.2) is 0 Å². The van der Waals surface area contributed by atoms with Gasteiger partial charge < -0.3 is 5.32 Å². The van der Waals surface area contributed by atoms with E-state index >= 15 is 0 Å². The van der Waals surface area contributed by atoms with E-state index in [0.717, 1.165) is 14.9 Å². The van der Waals surface area contributed by atoms with Crippen molar-refractivity contribution < 1.29 is 4.92 Å². The molecule has 0 spiro atoms. The zero-order valence-electron chi connectivity index (χ0n) is 11.7. The van der Waals surface area contributed by atoms with Crippen molar-refractivity contribution in [1.29, 1.82) is 0 Å². The standard InChI is InChI=1S/C15H15BrN2O2S/c1-10(17-2)11-7-8-14(12(16)9-11)21-15-6-4-3-5-13(15)18(19)20/h3-10,17H,1-2H3. The molecular weight excluding hydrogens is 352 g/mol. The van der Waals surface area contributed by atoms with Crippen molar-refractivity contribution in [1.82, 2.24) is 5.32 Å². The molecule has 0 radical (unpaired) electrons. The molecule has 2 rings (SSSR count). The number of benzene rings is 2. The maximum atomic E-state index is 11.1. The average Bonchev–Trinajstić information content (AvgIpc) is 2.48. The van der Waals surface area contributed by atoms with E-state index in [0.29, 0.717) is 4.90 Å². The number of rotatable bonds is 5. The molecule has 0 aliphatic carbocycles. The van der Waals surface area contributed by atoms with Crippen LogP contribution >= 0.6 is 27.7 Å². The molecule has 2 aromatic carbocycles. The van der Waals surface area contributed by atoms with Crippen LogP contribution in [0.15, 0.2) is 56.7 Å². The molecule has 0 aliphatic heterocycles. The minimum atomic E-state index is -0.353. The molecule has 0 bridgehead atoms. The van der Waals surface area contributed by atoms with Crippen LogP contribution in [0.4, 0.5) is 5.69 Å². The Morgan fingerprint density at radius 1 is 1.24 bits per heavy atom. The first-order chi connectivity index (χ1) is 10.0. The van der Waals surface area contributed by atoms with E-state index in [9.17, 15) is 10.1 Å². The number of nitrogens with one attached hydrogen (secondary N) is 1. The molecule has 21 heavy (non-hydrogen) atoms. The van der Waals surface area contributed by atoms with Crippen molar-refractivity contribution in [3.8, 4) is 0 Å². The first kappa shape index (κ1) is 16.0. The summed E-state index contributed by atoms with van der Waals surface area (Å²) in [6.45, 7) is 2.08. The summed E-state index contributed by atoms with van der Waals surface area (Å²) >= 11 is 4.93. The predicted molar refractivity (Wildman–Crippen MR) is 88.8 cm³/mol. The van der Waals surface area contributed by atoms with E-state index in [-0.39, 0.29) is 16.7 Å². The van der Waals surface area contributed by atoms with Gasteiger partial charge in [-0.2, -0.15) is 0 Å². The van der Waals surface area contributed by atoms with Crippen molar-refractivity contribution in [2.24, 2.45) is 0 Å². The zero-order chi connectivity index (χ0) is 15.4. The maximum absolute atomic E-state index is 11.1. The quantitative estimate of drug-likeness (QED) is 0.610. The summed E-state index contributed by atoms with van der Waals surface area (Å²) in [5.74, 6) is 0. The van der Waals surface area contributed by atoms with Crippen LogP contribution in [0.25, 0.3) is 0 Å². The van der Waals surface area contributed by atoms with Crippen LogP contribution in [-0.2, 0) is 0 Å². The van der Waals surface area contributed by atoms with Gasteiger partial charge in [-0.3, -0.25) is 10.1 Å². The molecule has 1 atom stereocenters. The summed E-state index contributed by atoms with van der Waals surface area (Å²) in [7, 11) is 1.91. The number of nitro groups is 1. The van der Waals surface area contributed by atoms with Crippen LogP contribution in [-0.4, -0.2) is 12.0 Å². The topological polar surface area (TPSA) is 55.2 Å². The molecule has 0 aliphatic rings. The van der Waals surface area contributed by atoms with Gasteiger partial charge in [0.2, 0.25) is 0 Å². The zero-order valence-corrected chi connectivity index (χ0v) is 14.1.